The Morgan fingerprint density at radius 2 is 1.60 bits per heavy atom. The fourth-order valence-corrected chi connectivity index (χ4v) is 4.65. The van der Waals surface area contributed by atoms with Crippen LogP contribution in [-0.4, -0.2) is 46.6 Å². The van der Waals surface area contributed by atoms with Crippen LogP contribution in [0.5, 0.6) is 0 Å². The molecular formula is C22H25N7O5S. The monoisotopic (exact) mass is 499 g/mol. The highest BCUT2D eigenvalue weighted by molar-refractivity contribution is 7.89. The van der Waals surface area contributed by atoms with Gasteiger partial charge in [0.15, 0.2) is 0 Å². The third-order valence-corrected chi connectivity index (χ3v) is 7.14. The van der Waals surface area contributed by atoms with Crippen LogP contribution in [0.2, 0.25) is 0 Å². The number of anilines is 3. The first-order valence-electron chi connectivity index (χ1n) is 10.7. The molecule has 35 heavy (non-hydrogen) atoms. The minimum absolute atomic E-state index is 0.102. The van der Waals surface area contributed by atoms with E-state index in [9.17, 15) is 23.3 Å². The van der Waals surface area contributed by atoms with Gasteiger partial charge in [0.05, 0.1) is 9.82 Å². The molecule has 2 aromatic carbocycles. The van der Waals surface area contributed by atoms with E-state index in [1.54, 1.807) is 38.1 Å². The number of rotatable bonds is 10. The Labute approximate surface area is 202 Å². The van der Waals surface area contributed by atoms with Crippen molar-refractivity contribution < 1.29 is 18.1 Å². The van der Waals surface area contributed by atoms with Crippen LogP contribution in [0, 0.1) is 17.0 Å². The van der Waals surface area contributed by atoms with Gasteiger partial charge in [-0.2, -0.15) is 4.31 Å². The summed E-state index contributed by atoms with van der Waals surface area (Å²) < 4.78 is 26.6. The van der Waals surface area contributed by atoms with Crippen LogP contribution in [0.25, 0.3) is 0 Å². The number of hydrogen-bond acceptors (Lipinski definition) is 9. The van der Waals surface area contributed by atoms with E-state index in [2.05, 4.69) is 26.1 Å². The summed E-state index contributed by atoms with van der Waals surface area (Å²) in [6.45, 7) is 6.06. The lowest BCUT2D eigenvalue weighted by Crippen LogP contribution is -2.30. The number of benzene rings is 2. The fourth-order valence-electron chi connectivity index (χ4n) is 3.19. The molecule has 0 bridgehead atoms. The van der Waals surface area contributed by atoms with E-state index < -0.39 is 26.5 Å². The summed E-state index contributed by atoms with van der Waals surface area (Å²) in [4.78, 5) is 31.3. The molecule has 1 aromatic heterocycles. The summed E-state index contributed by atoms with van der Waals surface area (Å²) in [7, 11) is -3.64. The van der Waals surface area contributed by atoms with Crippen LogP contribution in [0.3, 0.4) is 0 Å². The molecule has 1 amide bonds. The molecule has 0 fully saturated rings. The van der Waals surface area contributed by atoms with Crippen LogP contribution < -0.4 is 16.2 Å². The van der Waals surface area contributed by atoms with E-state index in [-0.39, 0.29) is 16.5 Å². The van der Waals surface area contributed by atoms with E-state index >= 15 is 0 Å². The summed E-state index contributed by atoms with van der Waals surface area (Å²) >= 11 is 0. The minimum Gasteiger partial charge on any atom is -0.334 e. The maximum absolute atomic E-state index is 12.7. The van der Waals surface area contributed by atoms with E-state index in [1.807, 2.05) is 6.92 Å². The smallest absolute Gasteiger partial charge is 0.334 e. The van der Waals surface area contributed by atoms with Crippen molar-refractivity contribution in [1.82, 2.24) is 19.7 Å². The molecule has 0 aliphatic carbocycles. The summed E-state index contributed by atoms with van der Waals surface area (Å²) in [6, 6.07) is 12.6. The molecule has 0 radical (unpaired) electrons. The van der Waals surface area contributed by atoms with Crippen molar-refractivity contribution in [2.75, 3.05) is 23.8 Å². The predicted octanol–water partition coefficient (Wildman–Crippen LogP) is 3.22. The normalized spacial score (nSPS) is 11.2. The fraction of sp³-hybridized carbons (Fsp3) is 0.227. The van der Waals surface area contributed by atoms with Gasteiger partial charge in [-0.3, -0.25) is 25.8 Å². The Morgan fingerprint density at radius 3 is 2.17 bits per heavy atom. The molecule has 3 aromatic rings. The lowest BCUT2D eigenvalue weighted by atomic mass is 10.1. The second-order valence-electron chi connectivity index (χ2n) is 7.36. The van der Waals surface area contributed by atoms with Gasteiger partial charge in [-0.05, 0) is 43.3 Å². The van der Waals surface area contributed by atoms with Crippen LogP contribution in [-0.2, 0) is 10.0 Å². The number of amides is 1. The Morgan fingerprint density at radius 1 is 1.00 bits per heavy atom. The molecule has 0 aliphatic heterocycles. The number of nitrogens with one attached hydrogen (secondary N) is 3. The second-order valence-corrected chi connectivity index (χ2v) is 9.30. The highest BCUT2D eigenvalue weighted by Crippen LogP contribution is 2.31. The van der Waals surface area contributed by atoms with Gasteiger partial charge < -0.3 is 5.32 Å². The number of aromatic nitrogens is 2. The lowest BCUT2D eigenvalue weighted by molar-refractivity contribution is -0.383. The predicted molar refractivity (Wildman–Crippen MR) is 131 cm³/mol. The molecule has 0 spiro atoms. The average molecular weight is 500 g/mol. The van der Waals surface area contributed by atoms with Crippen molar-refractivity contribution >= 4 is 38.9 Å². The molecule has 184 valence electrons. The second kappa shape index (κ2) is 10.9. The molecule has 0 aliphatic rings. The Hall–Kier alpha value is -4.10. The zero-order chi connectivity index (χ0) is 25.6. The highest BCUT2D eigenvalue weighted by Gasteiger charge is 2.25. The van der Waals surface area contributed by atoms with Gasteiger partial charge in [-0.25, -0.2) is 18.4 Å². The number of carbonyl (C=O) groups excluding carboxylic acids is 1. The third-order valence-electron chi connectivity index (χ3n) is 5.07. The maximum atomic E-state index is 12.7. The molecule has 0 saturated heterocycles. The summed E-state index contributed by atoms with van der Waals surface area (Å²) in [5, 5.41) is 14.6. The van der Waals surface area contributed by atoms with Gasteiger partial charge in [0.2, 0.25) is 21.7 Å². The van der Waals surface area contributed by atoms with Crippen molar-refractivity contribution in [3.63, 3.8) is 0 Å². The largest absolute Gasteiger partial charge is 0.355 e. The van der Waals surface area contributed by atoms with Crippen molar-refractivity contribution in [3.05, 3.63) is 76.1 Å². The highest BCUT2D eigenvalue weighted by atomic mass is 32.2. The molecular weight excluding hydrogens is 474 g/mol. The molecule has 0 saturated carbocycles. The standard InChI is InChI=1S/C22H25N7O5S/c1-4-28(5-2)35(33,34)18-12-10-17(11-13-18)25-20-19(29(31)32)21(24-14-23-20)26-27-22(30)16-8-6-15(3)7-9-16/h6-14H,4-5H2,1-3H3,(H,27,30)(H2,23,24,25,26). The van der Waals surface area contributed by atoms with Gasteiger partial charge in [0.1, 0.15) is 6.33 Å². The first-order valence-corrected chi connectivity index (χ1v) is 12.1. The maximum Gasteiger partial charge on any atom is 0.355 e. The van der Waals surface area contributed by atoms with Crippen molar-refractivity contribution in [3.8, 4) is 0 Å². The number of hydrazine groups is 1. The molecule has 12 nitrogen and oxygen atoms in total. The molecule has 3 N–H and O–H groups in total. The third kappa shape index (κ3) is 5.88. The van der Waals surface area contributed by atoms with E-state index in [0.29, 0.717) is 24.3 Å². The molecule has 1 heterocycles. The van der Waals surface area contributed by atoms with Crippen molar-refractivity contribution in [2.24, 2.45) is 0 Å². The van der Waals surface area contributed by atoms with E-state index in [1.165, 1.54) is 28.6 Å². The summed E-state index contributed by atoms with van der Waals surface area (Å²) in [5.74, 6) is -0.873. The molecule has 13 heteroatoms. The van der Waals surface area contributed by atoms with E-state index in [0.717, 1.165) is 11.9 Å². The minimum atomic E-state index is -3.64. The first-order chi connectivity index (χ1) is 16.7. The number of nitrogens with zero attached hydrogens (tertiary/aromatic N) is 4. The van der Waals surface area contributed by atoms with Gasteiger partial charge in [0.25, 0.3) is 5.91 Å². The van der Waals surface area contributed by atoms with E-state index in [4.69, 9.17) is 0 Å². The van der Waals surface area contributed by atoms with Crippen LogP contribution >= 0.6 is 0 Å². The molecule has 0 unspecified atom stereocenters. The zero-order valence-electron chi connectivity index (χ0n) is 19.3. The van der Waals surface area contributed by atoms with Gasteiger partial charge in [0, 0.05) is 24.3 Å². The van der Waals surface area contributed by atoms with Crippen LogP contribution in [0.1, 0.15) is 29.8 Å². The first kappa shape index (κ1) is 25.5. The zero-order valence-corrected chi connectivity index (χ0v) is 20.2. The quantitative estimate of drug-likeness (QED) is 0.281. The number of nitro groups is 1. The van der Waals surface area contributed by atoms with Gasteiger partial charge in [-0.1, -0.05) is 31.5 Å². The lowest BCUT2D eigenvalue weighted by Gasteiger charge is -2.18. The van der Waals surface area contributed by atoms with Crippen molar-refractivity contribution in [1.29, 1.82) is 0 Å². The Balaban J connectivity index is 1.80. The summed E-state index contributed by atoms with van der Waals surface area (Å²) in [6.07, 6.45) is 1.09. The molecule has 3 rings (SSSR count). The summed E-state index contributed by atoms with van der Waals surface area (Å²) in [5.41, 5.74) is 6.07. The number of hydrogen-bond donors (Lipinski definition) is 3. The van der Waals surface area contributed by atoms with Gasteiger partial charge in [-0.15, -0.1) is 0 Å². The van der Waals surface area contributed by atoms with Crippen molar-refractivity contribution in [2.45, 2.75) is 25.7 Å². The topological polar surface area (TPSA) is 159 Å². The van der Waals surface area contributed by atoms with Crippen LogP contribution in [0.4, 0.5) is 23.0 Å². The SMILES string of the molecule is CCN(CC)S(=O)(=O)c1ccc(Nc2ncnc(NNC(=O)c3ccc(C)cc3)c2[N+](=O)[O-])cc1. The Bertz CT molecular complexity index is 1310. The molecule has 0 atom stereocenters. The van der Waals surface area contributed by atoms with Crippen LogP contribution in [0.15, 0.2) is 59.8 Å². The number of aryl methyl sites for hydroxylation is 1. The number of carbonyl (C=O) groups is 1. The Kier molecular flexibility index (Phi) is 7.94. The van der Waals surface area contributed by atoms with Gasteiger partial charge >= 0.3 is 5.69 Å². The number of sulfonamides is 1. The average Bonchev–Trinajstić information content (AvgIpc) is 2.83.